The Morgan fingerprint density at radius 1 is 1.50 bits per heavy atom. The van der Waals surface area contributed by atoms with Crippen molar-refractivity contribution < 1.29 is 14.6 Å². The number of aliphatic hydroxyl groups excluding tert-OH is 1. The lowest BCUT2D eigenvalue weighted by Gasteiger charge is -2.21. The molecule has 0 radical (unpaired) electrons. The van der Waals surface area contributed by atoms with Crippen molar-refractivity contribution >= 4 is 29.1 Å². The Morgan fingerprint density at radius 3 is 2.61 bits per heavy atom. The Balaban J connectivity index is 2.90. The molecule has 7 heteroatoms. The zero-order valence-corrected chi connectivity index (χ0v) is 11.8. The minimum atomic E-state index is -0.239. The SMILES string of the molecule is COCCN(CCO)C(=O)c1cc(Cl)c(Cl)n1C. The van der Waals surface area contributed by atoms with E-state index in [2.05, 4.69) is 0 Å². The molecular weight excluding hydrogens is 279 g/mol. The van der Waals surface area contributed by atoms with Crippen LogP contribution in [-0.4, -0.2) is 53.9 Å². The van der Waals surface area contributed by atoms with Crippen LogP contribution in [-0.2, 0) is 11.8 Å². The summed E-state index contributed by atoms with van der Waals surface area (Å²) in [6.45, 7) is 0.928. The number of halogens is 2. The maximum atomic E-state index is 12.2. The fraction of sp³-hybridized carbons (Fsp3) is 0.545. The topological polar surface area (TPSA) is 54.7 Å². The third kappa shape index (κ3) is 3.38. The smallest absolute Gasteiger partial charge is 0.270 e. The van der Waals surface area contributed by atoms with Gasteiger partial charge in [-0.2, -0.15) is 0 Å². The van der Waals surface area contributed by atoms with Crippen molar-refractivity contribution in [3.63, 3.8) is 0 Å². The Hall–Kier alpha value is -0.750. The quantitative estimate of drug-likeness (QED) is 0.863. The Labute approximate surface area is 116 Å². The minimum Gasteiger partial charge on any atom is -0.395 e. The van der Waals surface area contributed by atoms with E-state index in [-0.39, 0.29) is 19.1 Å². The third-order valence-corrected chi connectivity index (χ3v) is 3.40. The van der Waals surface area contributed by atoms with Crippen molar-refractivity contribution in [2.75, 3.05) is 33.4 Å². The normalized spacial score (nSPS) is 10.7. The highest BCUT2D eigenvalue weighted by Crippen LogP contribution is 2.25. The second-order valence-electron chi connectivity index (χ2n) is 3.74. The lowest BCUT2D eigenvalue weighted by Crippen LogP contribution is -2.37. The first-order chi connectivity index (χ1) is 8.52. The van der Waals surface area contributed by atoms with E-state index >= 15 is 0 Å². The van der Waals surface area contributed by atoms with E-state index in [1.807, 2.05) is 0 Å². The number of nitrogens with zero attached hydrogens (tertiary/aromatic N) is 2. The van der Waals surface area contributed by atoms with Crippen LogP contribution in [0.5, 0.6) is 0 Å². The van der Waals surface area contributed by atoms with Gasteiger partial charge in [-0.15, -0.1) is 0 Å². The average molecular weight is 295 g/mol. The lowest BCUT2D eigenvalue weighted by atomic mass is 10.3. The van der Waals surface area contributed by atoms with Gasteiger partial charge in [-0.05, 0) is 6.07 Å². The number of carbonyl (C=O) groups is 1. The van der Waals surface area contributed by atoms with Crippen LogP contribution in [0.15, 0.2) is 6.07 Å². The molecule has 0 aliphatic heterocycles. The molecule has 1 heterocycles. The number of aliphatic hydroxyl groups is 1. The summed E-state index contributed by atoms with van der Waals surface area (Å²) >= 11 is 11.8. The molecule has 0 aliphatic carbocycles. The second kappa shape index (κ2) is 6.99. The predicted molar refractivity (Wildman–Crippen MR) is 70.3 cm³/mol. The molecule has 0 atom stereocenters. The van der Waals surface area contributed by atoms with Crippen molar-refractivity contribution in [3.8, 4) is 0 Å². The number of carbonyl (C=O) groups excluding carboxylic acids is 1. The van der Waals surface area contributed by atoms with Gasteiger partial charge in [0.25, 0.3) is 5.91 Å². The van der Waals surface area contributed by atoms with Crippen LogP contribution in [0.25, 0.3) is 0 Å². The molecule has 0 saturated carbocycles. The van der Waals surface area contributed by atoms with E-state index in [1.165, 1.54) is 15.5 Å². The van der Waals surface area contributed by atoms with E-state index in [0.29, 0.717) is 29.0 Å². The first kappa shape index (κ1) is 15.3. The first-order valence-corrected chi connectivity index (χ1v) is 6.18. The predicted octanol–water partition coefficient (Wildman–Crippen LogP) is 1.41. The first-order valence-electron chi connectivity index (χ1n) is 5.42. The lowest BCUT2D eigenvalue weighted by molar-refractivity contribution is 0.0647. The van der Waals surface area contributed by atoms with Crippen LogP contribution >= 0.6 is 23.2 Å². The van der Waals surface area contributed by atoms with Crippen LogP contribution in [0, 0.1) is 0 Å². The number of hydrogen-bond donors (Lipinski definition) is 1. The van der Waals surface area contributed by atoms with Gasteiger partial charge in [0.05, 0.1) is 18.2 Å². The zero-order chi connectivity index (χ0) is 13.7. The maximum absolute atomic E-state index is 12.2. The molecule has 102 valence electrons. The largest absolute Gasteiger partial charge is 0.395 e. The summed E-state index contributed by atoms with van der Waals surface area (Å²) in [7, 11) is 3.22. The minimum absolute atomic E-state index is 0.110. The van der Waals surface area contributed by atoms with Gasteiger partial charge in [-0.25, -0.2) is 0 Å². The Kier molecular flexibility index (Phi) is 5.95. The van der Waals surface area contributed by atoms with E-state index in [0.717, 1.165) is 0 Å². The number of aromatic nitrogens is 1. The van der Waals surface area contributed by atoms with Crippen molar-refractivity contribution in [2.24, 2.45) is 7.05 Å². The van der Waals surface area contributed by atoms with Crippen LogP contribution in [0.3, 0.4) is 0 Å². The molecule has 1 amide bonds. The highest BCUT2D eigenvalue weighted by atomic mass is 35.5. The number of rotatable bonds is 6. The molecule has 0 aromatic carbocycles. The van der Waals surface area contributed by atoms with E-state index in [4.69, 9.17) is 33.0 Å². The summed E-state index contributed by atoms with van der Waals surface area (Å²) in [6.07, 6.45) is 0. The molecule has 0 spiro atoms. The summed E-state index contributed by atoms with van der Waals surface area (Å²) in [6, 6.07) is 1.52. The van der Waals surface area contributed by atoms with Gasteiger partial charge in [-0.1, -0.05) is 23.2 Å². The van der Waals surface area contributed by atoms with Gasteiger partial charge >= 0.3 is 0 Å². The van der Waals surface area contributed by atoms with E-state index in [9.17, 15) is 4.79 Å². The van der Waals surface area contributed by atoms with Gasteiger partial charge < -0.3 is 19.3 Å². The Bertz CT molecular complexity index is 421. The van der Waals surface area contributed by atoms with Crippen molar-refractivity contribution in [2.45, 2.75) is 0 Å². The Morgan fingerprint density at radius 2 is 2.17 bits per heavy atom. The average Bonchev–Trinajstić information content (AvgIpc) is 2.61. The van der Waals surface area contributed by atoms with E-state index < -0.39 is 0 Å². The van der Waals surface area contributed by atoms with Gasteiger partial charge in [0.2, 0.25) is 0 Å². The van der Waals surface area contributed by atoms with E-state index in [1.54, 1.807) is 14.2 Å². The zero-order valence-electron chi connectivity index (χ0n) is 10.3. The van der Waals surface area contributed by atoms with Crippen molar-refractivity contribution in [1.82, 2.24) is 9.47 Å². The number of hydrogen-bond acceptors (Lipinski definition) is 3. The standard InChI is InChI=1S/C11H16Cl2N2O3/c1-14-9(7-8(12)10(14)13)11(17)15(3-5-16)4-6-18-2/h7,16H,3-6H2,1-2H3. The summed E-state index contributed by atoms with van der Waals surface area (Å²) in [5.74, 6) is -0.239. The monoisotopic (exact) mass is 294 g/mol. The molecule has 0 saturated heterocycles. The highest BCUT2D eigenvalue weighted by Gasteiger charge is 2.21. The van der Waals surface area contributed by atoms with Gasteiger partial charge in [0.15, 0.2) is 0 Å². The molecule has 0 aliphatic rings. The molecule has 1 aromatic rings. The fourth-order valence-corrected chi connectivity index (χ4v) is 1.92. The molecule has 18 heavy (non-hydrogen) atoms. The molecule has 1 N–H and O–H groups in total. The van der Waals surface area contributed by atoms with Crippen LogP contribution in [0.1, 0.15) is 10.5 Å². The van der Waals surface area contributed by atoms with Crippen LogP contribution in [0.4, 0.5) is 0 Å². The fourth-order valence-electron chi connectivity index (χ4n) is 1.55. The van der Waals surface area contributed by atoms with Gasteiger partial charge in [0.1, 0.15) is 10.8 Å². The second-order valence-corrected chi connectivity index (χ2v) is 4.50. The summed E-state index contributed by atoms with van der Waals surface area (Å²) < 4.78 is 6.45. The summed E-state index contributed by atoms with van der Waals surface area (Å²) in [4.78, 5) is 13.7. The van der Waals surface area contributed by atoms with Crippen LogP contribution < -0.4 is 0 Å². The molecule has 0 bridgehead atoms. The van der Waals surface area contributed by atoms with Gasteiger partial charge in [0, 0.05) is 27.2 Å². The molecule has 5 nitrogen and oxygen atoms in total. The molecule has 1 rings (SSSR count). The summed E-state index contributed by atoms with van der Waals surface area (Å²) in [5, 5.41) is 9.61. The summed E-state index contributed by atoms with van der Waals surface area (Å²) in [5.41, 5.74) is 0.384. The van der Waals surface area contributed by atoms with Crippen molar-refractivity contribution in [3.05, 3.63) is 21.9 Å². The molecule has 0 fully saturated rings. The highest BCUT2D eigenvalue weighted by molar-refractivity contribution is 6.41. The number of ether oxygens (including phenoxy) is 1. The third-order valence-electron chi connectivity index (χ3n) is 2.56. The van der Waals surface area contributed by atoms with Gasteiger partial charge in [-0.3, -0.25) is 4.79 Å². The number of amides is 1. The van der Waals surface area contributed by atoms with Crippen LogP contribution in [0.2, 0.25) is 10.2 Å². The molecule has 0 unspecified atom stereocenters. The number of methoxy groups -OCH3 is 1. The molecule has 1 aromatic heterocycles. The maximum Gasteiger partial charge on any atom is 0.270 e. The molecular formula is C11H16Cl2N2O3. The van der Waals surface area contributed by atoms with Crippen molar-refractivity contribution in [1.29, 1.82) is 0 Å².